The zero-order valence-electron chi connectivity index (χ0n) is 17.4. The Labute approximate surface area is 175 Å². The van der Waals surface area contributed by atoms with E-state index in [1.165, 1.54) is 4.68 Å². The normalized spacial score (nSPS) is 16.5. The lowest BCUT2D eigenvalue weighted by atomic mass is 9.99. The molecule has 0 saturated carbocycles. The number of H-pyrrole nitrogens is 1. The van der Waals surface area contributed by atoms with E-state index in [1.807, 2.05) is 56.3 Å². The van der Waals surface area contributed by atoms with Crippen LogP contribution in [0.1, 0.15) is 26.7 Å². The van der Waals surface area contributed by atoms with Crippen molar-refractivity contribution in [2.24, 2.45) is 5.92 Å². The largest absolute Gasteiger partial charge is 0.396 e. The number of benzene rings is 1. The van der Waals surface area contributed by atoms with Gasteiger partial charge in [0, 0.05) is 25.9 Å². The number of hydrogen-bond donors (Lipinski definition) is 2. The molecule has 1 aromatic carbocycles. The van der Waals surface area contributed by atoms with Gasteiger partial charge >= 0.3 is 0 Å². The maximum Gasteiger partial charge on any atom is 0.280 e. The molecule has 0 bridgehead atoms. The summed E-state index contributed by atoms with van der Waals surface area (Å²) in [7, 11) is 0. The topological polar surface area (TPSA) is 87.0 Å². The lowest BCUT2D eigenvalue weighted by Crippen LogP contribution is -2.37. The van der Waals surface area contributed by atoms with Crippen LogP contribution in [0.5, 0.6) is 0 Å². The Hall–Kier alpha value is -3.19. The quantitative estimate of drug-likeness (QED) is 0.545. The van der Waals surface area contributed by atoms with Crippen molar-refractivity contribution in [3.8, 4) is 5.69 Å². The van der Waals surface area contributed by atoms with Gasteiger partial charge in [-0.2, -0.15) is 0 Å². The fourth-order valence-corrected chi connectivity index (χ4v) is 3.97. The van der Waals surface area contributed by atoms with E-state index in [0.717, 1.165) is 43.0 Å². The number of aliphatic hydroxyl groups excluding tert-OH is 1. The molecule has 0 radical (unpaired) electrons. The van der Waals surface area contributed by atoms with Gasteiger partial charge in [-0.05, 0) is 43.0 Å². The third-order valence-electron chi connectivity index (χ3n) is 5.47. The molecule has 30 heavy (non-hydrogen) atoms. The van der Waals surface area contributed by atoms with Crippen LogP contribution >= 0.6 is 0 Å². The molecule has 7 heteroatoms. The average molecular weight is 406 g/mol. The number of pyridine rings is 2. The van der Waals surface area contributed by atoms with Crippen LogP contribution in [0.15, 0.2) is 53.5 Å². The van der Waals surface area contributed by atoms with Gasteiger partial charge in [-0.15, -0.1) is 0 Å². The van der Waals surface area contributed by atoms with Crippen molar-refractivity contribution in [2.75, 3.05) is 24.6 Å². The number of para-hydroxylation sites is 1. The van der Waals surface area contributed by atoms with Crippen molar-refractivity contribution < 1.29 is 5.11 Å². The molecule has 2 N–H and O–H groups in total. The Bertz CT molecular complexity index is 1200. The first-order valence-corrected chi connectivity index (χ1v) is 10.6. The van der Waals surface area contributed by atoms with Gasteiger partial charge in [0.1, 0.15) is 11.3 Å². The molecule has 5 rings (SSSR count). The first kappa shape index (κ1) is 20.1. The summed E-state index contributed by atoms with van der Waals surface area (Å²) in [5, 5.41) is 13.2. The zero-order chi connectivity index (χ0) is 21.1. The highest BCUT2D eigenvalue weighted by molar-refractivity contribution is 6.00. The summed E-state index contributed by atoms with van der Waals surface area (Å²) in [6.07, 6.45) is 3.69. The molecule has 1 aliphatic heterocycles. The SMILES string of the molecule is CC.O=c1c2cnc3ccc(N4CCCC(CO)C4)nc3c2[nH]n1-c1ccccc1. The van der Waals surface area contributed by atoms with E-state index in [4.69, 9.17) is 4.98 Å². The molecule has 1 unspecified atom stereocenters. The minimum Gasteiger partial charge on any atom is -0.396 e. The molecule has 0 amide bonds. The maximum atomic E-state index is 12.9. The highest BCUT2D eigenvalue weighted by Crippen LogP contribution is 2.26. The number of fused-ring (bicyclic) bond motifs is 3. The molecule has 0 aliphatic carbocycles. The van der Waals surface area contributed by atoms with Crippen LogP contribution in [0.3, 0.4) is 0 Å². The molecule has 3 aromatic heterocycles. The second-order valence-electron chi connectivity index (χ2n) is 7.31. The van der Waals surface area contributed by atoms with Crippen LogP contribution < -0.4 is 10.5 Å². The molecule has 4 heterocycles. The second kappa shape index (κ2) is 8.67. The molecule has 1 fully saturated rings. The van der Waals surface area contributed by atoms with E-state index in [0.29, 0.717) is 16.4 Å². The van der Waals surface area contributed by atoms with Gasteiger partial charge in [-0.25, -0.2) is 9.67 Å². The number of aromatic nitrogens is 4. The van der Waals surface area contributed by atoms with Gasteiger partial charge in [-0.3, -0.25) is 14.9 Å². The lowest BCUT2D eigenvalue weighted by Gasteiger charge is -2.32. The van der Waals surface area contributed by atoms with Gasteiger partial charge < -0.3 is 10.0 Å². The highest BCUT2D eigenvalue weighted by Gasteiger charge is 2.21. The molecular formula is C23H27N5O2. The van der Waals surface area contributed by atoms with Gasteiger partial charge in [0.15, 0.2) is 0 Å². The third-order valence-corrected chi connectivity index (χ3v) is 5.47. The summed E-state index contributed by atoms with van der Waals surface area (Å²) in [4.78, 5) is 24.4. The average Bonchev–Trinajstić information content (AvgIpc) is 3.17. The third kappa shape index (κ3) is 3.57. The molecule has 0 spiro atoms. The Morgan fingerprint density at radius 3 is 2.73 bits per heavy atom. The van der Waals surface area contributed by atoms with E-state index < -0.39 is 0 Å². The number of rotatable bonds is 3. The zero-order valence-corrected chi connectivity index (χ0v) is 17.4. The molecule has 1 saturated heterocycles. The fourth-order valence-electron chi connectivity index (χ4n) is 3.97. The number of aliphatic hydroxyl groups is 1. The summed E-state index contributed by atoms with van der Waals surface area (Å²) in [5.41, 5.74) is 2.76. The minimum absolute atomic E-state index is 0.138. The van der Waals surface area contributed by atoms with Crippen molar-refractivity contribution in [2.45, 2.75) is 26.7 Å². The van der Waals surface area contributed by atoms with Crippen LogP contribution in [0.4, 0.5) is 5.82 Å². The Kier molecular flexibility index (Phi) is 5.81. The molecule has 4 aromatic rings. The van der Waals surface area contributed by atoms with Crippen LogP contribution in [0.25, 0.3) is 27.6 Å². The molecule has 1 atom stereocenters. The Morgan fingerprint density at radius 2 is 1.97 bits per heavy atom. The first-order valence-electron chi connectivity index (χ1n) is 10.6. The summed E-state index contributed by atoms with van der Waals surface area (Å²) in [6.45, 7) is 5.91. The highest BCUT2D eigenvalue weighted by atomic mass is 16.3. The Balaban J connectivity index is 0.00000106. The van der Waals surface area contributed by atoms with E-state index >= 15 is 0 Å². The van der Waals surface area contributed by atoms with Crippen molar-refractivity contribution in [3.63, 3.8) is 0 Å². The monoisotopic (exact) mass is 405 g/mol. The van der Waals surface area contributed by atoms with Crippen LogP contribution in [-0.4, -0.2) is 44.6 Å². The summed E-state index contributed by atoms with van der Waals surface area (Å²) >= 11 is 0. The molecular weight excluding hydrogens is 378 g/mol. The fraction of sp³-hybridized carbons (Fsp3) is 0.348. The summed E-state index contributed by atoms with van der Waals surface area (Å²) in [6, 6.07) is 13.4. The number of hydrogen-bond acceptors (Lipinski definition) is 5. The minimum atomic E-state index is -0.138. The van der Waals surface area contributed by atoms with E-state index in [-0.39, 0.29) is 18.1 Å². The smallest absolute Gasteiger partial charge is 0.280 e. The number of nitrogens with zero attached hydrogens (tertiary/aromatic N) is 4. The van der Waals surface area contributed by atoms with E-state index in [9.17, 15) is 9.90 Å². The summed E-state index contributed by atoms with van der Waals surface area (Å²) in [5.74, 6) is 1.13. The van der Waals surface area contributed by atoms with Crippen molar-refractivity contribution in [1.29, 1.82) is 0 Å². The van der Waals surface area contributed by atoms with Crippen LogP contribution in [0, 0.1) is 5.92 Å². The van der Waals surface area contributed by atoms with Crippen LogP contribution in [-0.2, 0) is 0 Å². The van der Waals surface area contributed by atoms with Crippen LogP contribution in [0.2, 0.25) is 0 Å². The molecule has 156 valence electrons. The van der Waals surface area contributed by atoms with E-state index in [2.05, 4.69) is 15.0 Å². The maximum absolute atomic E-state index is 12.9. The second-order valence-corrected chi connectivity index (χ2v) is 7.31. The number of piperidine rings is 1. The number of nitrogens with one attached hydrogen (secondary N) is 1. The molecule has 1 aliphatic rings. The molecule has 7 nitrogen and oxygen atoms in total. The van der Waals surface area contributed by atoms with Gasteiger partial charge in [0.2, 0.25) is 0 Å². The predicted molar refractivity (Wildman–Crippen MR) is 120 cm³/mol. The van der Waals surface area contributed by atoms with Gasteiger partial charge in [0.05, 0.1) is 22.1 Å². The van der Waals surface area contributed by atoms with Crippen molar-refractivity contribution >= 4 is 27.8 Å². The standard InChI is InChI=1S/C21H21N5O2.C2H6/c27-13-14-5-4-10-25(12-14)18-9-8-17-20(23-18)19-16(11-22-17)21(28)26(24-19)15-6-2-1-3-7-15;1-2/h1-3,6-9,11,14,24,27H,4-5,10,12-13H2;1-2H3. The van der Waals surface area contributed by atoms with Crippen molar-refractivity contribution in [3.05, 3.63) is 59.0 Å². The summed E-state index contributed by atoms with van der Waals surface area (Å²) < 4.78 is 1.53. The lowest BCUT2D eigenvalue weighted by molar-refractivity contribution is 0.208. The van der Waals surface area contributed by atoms with Gasteiger partial charge in [-0.1, -0.05) is 32.0 Å². The van der Waals surface area contributed by atoms with E-state index in [1.54, 1.807) is 6.20 Å². The first-order chi connectivity index (χ1) is 14.7. The van der Waals surface area contributed by atoms with Gasteiger partial charge in [0.25, 0.3) is 5.56 Å². The number of anilines is 1. The Morgan fingerprint density at radius 1 is 1.17 bits per heavy atom. The van der Waals surface area contributed by atoms with Crippen molar-refractivity contribution in [1.82, 2.24) is 19.7 Å². The predicted octanol–water partition coefficient (Wildman–Crippen LogP) is 3.50. The number of aromatic amines is 1.